The van der Waals surface area contributed by atoms with E-state index in [1.54, 1.807) is 0 Å². The Bertz CT molecular complexity index is 1120. The number of aliphatic hydroxyl groups is 1. The quantitative estimate of drug-likeness (QED) is 0.326. The Labute approximate surface area is 250 Å². The van der Waals surface area contributed by atoms with Crippen LogP contribution < -0.4 is 0 Å². The van der Waals surface area contributed by atoms with Gasteiger partial charge in [-0.05, 0) is 158 Å². The molecule has 3 heteroatoms. The average Bonchev–Trinajstić information content (AvgIpc) is 3.25. The number of carboxylic acids is 1. The van der Waals surface area contributed by atoms with Crippen LogP contribution in [-0.4, -0.2) is 22.3 Å². The number of rotatable bonds is 7. The number of hydrogen-bond donors (Lipinski definition) is 2. The number of fused-ring (bicyclic) bond motifs is 7. The van der Waals surface area contributed by atoms with Crippen molar-refractivity contribution in [1.82, 2.24) is 0 Å². The number of benzene rings is 1. The van der Waals surface area contributed by atoms with Gasteiger partial charge in [0.2, 0.25) is 0 Å². The van der Waals surface area contributed by atoms with E-state index >= 15 is 0 Å². The van der Waals surface area contributed by atoms with Gasteiger partial charge in [0.1, 0.15) is 0 Å². The monoisotopic (exact) mass is 562 g/mol. The second-order valence-electron chi connectivity index (χ2n) is 16.9. The summed E-state index contributed by atoms with van der Waals surface area (Å²) in [5.74, 6) is 4.21. The largest absolute Gasteiger partial charge is 0.481 e. The molecule has 0 heterocycles. The van der Waals surface area contributed by atoms with E-state index in [-0.39, 0.29) is 17.9 Å². The molecule has 0 spiro atoms. The van der Waals surface area contributed by atoms with Crippen LogP contribution in [0.25, 0.3) is 0 Å². The van der Waals surface area contributed by atoms with E-state index in [0.29, 0.717) is 22.2 Å². The van der Waals surface area contributed by atoms with Gasteiger partial charge in [-0.15, -0.1) is 0 Å². The number of unbranched alkanes of at least 4 members (excludes halogenated alkanes) is 1. The fraction of sp³-hybridized carbons (Fsp3) is 0.816. The van der Waals surface area contributed by atoms with Crippen LogP contribution in [0.4, 0.5) is 0 Å². The molecule has 10 atom stereocenters. The van der Waals surface area contributed by atoms with Crippen molar-refractivity contribution in [2.75, 3.05) is 0 Å². The van der Waals surface area contributed by atoms with Crippen molar-refractivity contribution < 1.29 is 15.0 Å². The van der Waals surface area contributed by atoms with Gasteiger partial charge in [-0.1, -0.05) is 58.9 Å². The molecule has 5 fully saturated rings. The first-order valence-corrected chi connectivity index (χ1v) is 17.4. The van der Waals surface area contributed by atoms with E-state index in [4.69, 9.17) is 5.11 Å². The van der Waals surface area contributed by atoms with Gasteiger partial charge in [0, 0.05) is 6.42 Å². The molecule has 5 saturated carbocycles. The molecule has 5 aliphatic carbocycles. The van der Waals surface area contributed by atoms with Crippen molar-refractivity contribution in [2.45, 2.75) is 137 Å². The van der Waals surface area contributed by atoms with Crippen LogP contribution in [0.2, 0.25) is 0 Å². The first kappa shape index (κ1) is 29.7. The molecular formula is C38H58O3. The van der Waals surface area contributed by atoms with Gasteiger partial charge in [-0.2, -0.15) is 0 Å². The highest BCUT2D eigenvalue weighted by Crippen LogP contribution is 2.73. The number of aryl methyl sites for hydroxylation is 1. The standard InChI is InChI=1S/C38H58O3/c1-25-15-21-38(24-27-11-8-10-26(23-27)9-6-7-12-33(40)41)22-16-29-28(34(25)38)13-14-31-36(29,4)19-17-30-35(2,3)32(39)18-20-37(30,31)5/h8,10-11,23,25,28-32,34,39H,6-7,9,12-22,24H2,1-5H3,(H,40,41). The van der Waals surface area contributed by atoms with Gasteiger partial charge in [0.25, 0.3) is 0 Å². The number of aliphatic hydroxyl groups excluding tert-OH is 1. The van der Waals surface area contributed by atoms with Crippen molar-refractivity contribution >= 4 is 5.97 Å². The lowest BCUT2D eigenvalue weighted by Crippen LogP contribution is -2.63. The molecule has 1 aromatic carbocycles. The lowest BCUT2D eigenvalue weighted by atomic mass is 9.36. The number of carbonyl (C=O) groups is 1. The molecule has 10 unspecified atom stereocenters. The summed E-state index contributed by atoms with van der Waals surface area (Å²) < 4.78 is 0. The highest BCUT2D eigenvalue weighted by atomic mass is 16.4. The zero-order valence-electron chi connectivity index (χ0n) is 26.8. The minimum absolute atomic E-state index is 0.0393. The Morgan fingerprint density at radius 3 is 2.37 bits per heavy atom. The molecule has 0 bridgehead atoms. The van der Waals surface area contributed by atoms with Crippen LogP contribution in [0, 0.1) is 57.2 Å². The van der Waals surface area contributed by atoms with Crippen molar-refractivity contribution in [3.8, 4) is 0 Å². The number of hydrogen-bond acceptors (Lipinski definition) is 2. The van der Waals surface area contributed by atoms with Crippen molar-refractivity contribution in [3.05, 3.63) is 35.4 Å². The summed E-state index contributed by atoms with van der Waals surface area (Å²) in [6.07, 6.45) is 17.4. The molecule has 6 rings (SSSR count). The molecule has 0 aromatic heterocycles. The molecule has 5 aliphatic rings. The fourth-order valence-electron chi connectivity index (χ4n) is 13.0. The molecule has 1 aromatic rings. The third kappa shape index (κ3) is 4.83. The summed E-state index contributed by atoms with van der Waals surface area (Å²) in [7, 11) is 0. The van der Waals surface area contributed by atoms with E-state index in [1.165, 1.54) is 75.3 Å². The molecule has 3 nitrogen and oxygen atoms in total. The SMILES string of the molecule is CC1CCC2(Cc3cccc(CCCCC(=O)O)c3)CCC3C(CCC4C3(C)CCC3C(C)(C)C(O)CCC34C)C12. The van der Waals surface area contributed by atoms with Gasteiger partial charge in [-0.25, -0.2) is 0 Å². The van der Waals surface area contributed by atoms with Gasteiger partial charge >= 0.3 is 5.97 Å². The van der Waals surface area contributed by atoms with E-state index in [1.807, 2.05) is 0 Å². The predicted octanol–water partition coefficient (Wildman–Crippen LogP) is 9.10. The molecule has 41 heavy (non-hydrogen) atoms. The van der Waals surface area contributed by atoms with Crippen LogP contribution in [0.5, 0.6) is 0 Å². The topological polar surface area (TPSA) is 57.5 Å². The summed E-state index contributed by atoms with van der Waals surface area (Å²) in [6.45, 7) is 12.7. The molecule has 0 amide bonds. The molecule has 2 N–H and O–H groups in total. The van der Waals surface area contributed by atoms with E-state index < -0.39 is 5.97 Å². The molecular weight excluding hydrogens is 504 g/mol. The first-order valence-electron chi connectivity index (χ1n) is 17.4. The van der Waals surface area contributed by atoms with Crippen molar-refractivity contribution in [1.29, 1.82) is 0 Å². The van der Waals surface area contributed by atoms with Gasteiger partial charge < -0.3 is 10.2 Å². The Morgan fingerprint density at radius 2 is 1.59 bits per heavy atom. The Balaban J connectivity index is 1.21. The zero-order chi connectivity index (χ0) is 29.2. The minimum Gasteiger partial charge on any atom is -0.481 e. The highest BCUT2D eigenvalue weighted by Gasteiger charge is 2.66. The molecule has 228 valence electrons. The van der Waals surface area contributed by atoms with E-state index in [2.05, 4.69) is 58.9 Å². The normalized spacial score (nSPS) is 44.8. The van der Waals surface area contributed by atoms with Crippen LogP contribution in [-0.2, 0) is 17.6 Å². The molecule has 0 aliphatic heterocycles. The third-order valence-electron chi connectivity index (χ3n) is 14.7. The zero-order valence-corrected chi connectivity index (χ0v) is 26.8. The Morgan fingerprint density at radius 1 is 0.854 bits per heavy atom. The lowest BCUT2D eigenvalue weighted by molar-refractivity contribution is -0.216. The van der Waals surface area contributed by atoms with Crippen molar-refractivity contribution in [3.63, 3.8) is 0 Å². The minimum atomic E-state index is -0.679. The maximum absolute atomic E-state index is 11.0. The second-order valence-corrected chi connectivity index (χ2v) is 16.9. The fourth-order valence-corrected chi connectivity index (χ4v) is 13.0. The molecule has 0 radical (unpaired) electrons. The maximum Gasteiger partial charge on any atom is 0.303 e. The van der Waals surface area contributed by atoms with E-state index in [9.17, 15) is 9.90 Å². The third-order valence-corrected chi connectivity index (χ3v) is 14.7. The highest BCUT2D eigenvalue weighted by molar-refractivity contribution is 5.66. The summed E-state index contributed by atoms with van der Waals surface area (Å²) in [5, 5.41) is 20.0. The summed E-state index contributed by atoms with van der Waals surface area (Å²) in [5.41, 5.74) is 4.24. The van der Waals surface area contributed by atoms with Crippen LogP contribution in [0.1, 0.15) is 129 Å². The molecule has 0 saturated heterocycles. The first-order chi connectivity index (χ1) is 19.4. The Hall–Kier alpha value is -1.35. The summed E-state index contributed by atoms with van der Waals surface area (Å²) in [6, 6.07) is 9.34. The van der Waals surface area contributed by atoms with Gasteiger partial charge in [-0.3, -0.25) is 4.79 Å². The number of carboxylic acid groups (broad SMARTS) is 1. The van der Waals surface area contributed by atoms with Crippen LogP contribution in [0.3, 0.4) is 0 Å². The predicted molar refractivity (Wildman–Crippen MR) is 167 cm³/mol. The summed E-state index contributed by atoms with van der Waals surface area (Å²) in [4.78, 5) is 10.9. The maximum atomic E-state index is 11.0. The van der Waals surface area contributed by atoms with Crippen molar-refractivity contribution in [2.24, 2.45) is 57.2 Å². The van der Waals surface area contributed by atoms with Gasteiger partial charge in [0.15, 0.2) is 0 Å². The van der Waals surface area contributed by atoms with Crippen LogP contribution >= 0.6 is 0 Å². The second kappa shape index (κ2) is 10.7. The lowest BCUT2D eigenvalue weighted by Gasteiger charge is -2.69. The summed E-state index contributed by atoms with van der Waals surface area (Å²) >= 11 is 0. The Kier molecular flexibility index (Phi) is 7.73. The average molecular weight is 563 g/mol. The number of aliphatic carboxylic acids is 1. The van der Waals surface area contributed by atoms with Crippen LogP contribution in [0.15, 0.2) is 24.3 Å². The van der Waals surface area contributed by atoms with E-state index in [0.717, 1.165) is 55.3 Å². The van der Waals surface area contributed by atoms with Gasteiger partial charge in [0.05, 0.1) is 6.10 Å². The smallest absolute Gasteiger partial charge is 0.303 e.